The molecule has 0 heterocycles. The molecule has 0 fully saturated rings. The quantitative estimate of drug-likeness (QED) is 0.642. The van der Waals surface area contributed by atoms with Gasteiger partial charge < -0.3 is 15.0 Å². The van der Waals surface area contributed by atoms with Gasteiger partial charge in [0.1, 0.15) is 0 Å². The van der Waals surface area contributed by atoms with Gasteiger partial charge in [-0.1, -0.05) is 0 Å². The molecule has 1 N–H and O–H groups in total. The van der Waals surface area contributed by atoms with Gasteiger partial charge in [0, 0.05) is 40.2 Å². The maximum atomic E-state index is 11.2. The topological polar surface area (TPSA) is 41.6 Å². The largest absolute Gasteiger partial charge is 0.375 e. The van der Waals surface area contributed by atoms with Gasteiger partial charge in [0.2, 0.25) is 5.91 Å². The summed E-state index contributed by atoms with van der Waals surface area (Å²) in [5.74, 6) is 0.150. The van der Waals surface area contributed by atoms with Crippen LogP contribution >= 0.6 is 0 Å². The lowest BCUT2D eigenvalue weighted by molar-refractivity contribution is -0.128. The average Bonchev–Trinajstić information content (AvgIpc) is 2.11. The molecule has 0 aliphatic heterocycles. The van der Waals surface area contributed by atoms with Crippen molar-refractivity contribution >= 4 is 5.91 Å². The van der Waals surface area contributed by atoms with Crippen LogP contribution in [-0.2, 0) is 9.53 Å². The molecule has 1 amide bonds. The Bertz CT molecular complexity index is 191. The Hall–Kier alpha value is -0.610. The number of carbonyl (C=O) groups excluding carboxylic acids is 1. The monoisotopic (exact) mass is 216 g/mol. The second-order valence-corrected chi connectivity index (χ2v) is 4.41. The fourth-order valence-corrected chi connectivity index (χ4v) is 1.25. The molecule has 15 heavy (non-hydrogen) atoms. The second-order valence-electron chi connectivity index (χ2n) is 4.41. The second kappa shape index (κ2) is 6.80. The number of rotatable bonds is 7. The summed E-state index contributed by atoms with van der Waals surface area (Å²) in [7, 11) is 3.54. The van der Waals surface area contributed by atoms with Gasteiger partial charge in [-0.2, -0.15) is 0 Å². The van der Waals surface area contributed by atoms with E-state index in [9.17, 15) is 4.79 Å². The van der Waals surface area contributed by atoms with Crippen molar-refractivity contribution in [2.75, 3.05) is 33.8 Å². The number of ether oxygens (including phenoxy) is 1. The van der Waals surface area contributed by atoms with Crippen LogP contribution in [0.1, 0.15) is 27.2 Å². The standard InChI is InChI=1S/C11H24N2O2/c1-6-15-11(2,3)9-12-8-7-10(14)13(4)5/h12H,6-9H2,1-5H3. The van der Waals surface area contributed by atoms with Crippen molar-refractivity contribution < 1.29 is 9.53 Å². The molecule has 90 valence electrons. The van der Waals surface area contributed by atoms with E-state index in [1.54, 1.807) is 19.0 Å². The van der Waals surface area contributed by atoms with Gasteiger partial charge in [0.25, 0.3) is 0 Å². The zero-order valence-corrected chi connectivity index (χ0v) is 10.6. The minimum absolute atomic E-state index is 0.150. The fourth-order valence-electron chi connectivity index (χ4n) is 1.25. The molecular formula is C11H24N2O2. The van der Waals surface area contributed by atoms with E-state index in [1.807, 2.05) is 20.8 Å². The molecule has 0 aromatic rings. The van der Waals surface area contributed by atoms with Crippen molar-refractivity contribution in [1.29, 1.82) is 0 Å². The van der Waals surface area contributed by atoms with E-state index in [0.29, 0.717) is 19.6 Å². The van der Waals surface area contributed by atoms with Gasteiger partial charge in [-0.25, -0.2) is 0 Å². The highest BCUT2D eigenvalue weighted by molar-refractivity contribution is 5.75. The van der Waals surface area contributed by atoms with E-state index in [0.717, 1.165) is 6.54 Å². The summed E-state index contributed by atoms with van der Waals surface area (Å²) >= 11 is 0. The molecule has 4 nitrogen and oxygen atoms in total. The lowest BCUT2D eigenvalue weighted by Crippen LogP contribution is -2.39. The molecular weight excluding hydrogens is 192 g/mol. The summed E-state index contributed by atoms with van der Waals surface area (Å²) in [6.07, 6.45) is 0.537. The molecule has 0 aliphatic rings. The predicted molar refractivity (Wildman–Crippen MR) is 61.9 cm³/mol. The number of nitrogens with zero attached hydrogens (tertiary/aromatic N) is 1. The molecule has 0 spiro atoms. The summed E-state index contributed by atoms with van der Waals surface area (Å²) in [6, 6.07) is 0. The van der Waals surface area contributed by atoms with Crippen molar-refractivity contribution in [3.63, 3.8) is 0 Å². The summed E-state index contributed by atoms with van der Waals surface area (Å²) in [5.41, 5.74) is -0.157. The van der Waals surface area contributed by atoms with Crippen molar-refractivity contribution in [1.82, 2.24) is 10.2 Å². The van der Waals surface area contributed by atoms with Gasteiger partial charge in [0.05, 0.1) is 5.60 Å². The van der Waals surface area contributed by atoms with E-state index < -0.39 is 0 Å². The lowest BCUT2D eigenvalue weighted by Gasteiger charge is -2.25. The number of hydrogen-bond donors (Lipinski definition) is 1. The summed E-state index contributed by atoms with van der Waals surface area (Å²) in [5, 5.41) is 3.22. The van der Waals surface area contributed by atoms with E-state index in [4.69, 9.17) is 4.74 Å². The predicted octanol–water partition coefficient (Wildman–Crippen LogP) is 0.869. The highest BCUT2D eigenvalue weighted by Crippen LogP contribution is 2.06. The van der Waals surface area contributed by atoms with Crippen LogP contribution in [0.4, 0.5) is 0 Å². The highest BCUT2D eigenvalue weighted by Gasteiger charge is 2.16. The highest BCUT2D eigenvalue weighted by atomic mass is 16.5. The summed E-state index contributed by atoms with van der Waals surface area (Å²) in [6.45, 7) is 8.24. The SMILES string of the molecule is CCOC(C)(C)CNCCC(=O)N(C)C. The third-order valence-electron chi connectivity index (χ3n) is 2.10. The van der Waals surface area contributed by atoms with Gasteiger partial charge >= 0.3 is 0 Å². The third-order valence-corrected chi connectivity index (χ3v) is 2.10. The van der Waals surface area contributed by atoms with Crippen molar-refractivity contribution in [2.24, 2.45) is 0 Å². The van der Waals surface area contributed by atoms with Crippen molar-refractivity contribution in [2.45, 2.75) is 32.8 Å². The Morgan fingerprint density at radius 1 is 1.40 bits per heavy atom. The van der Waals surface area contributed by atoms with Crippen LogP contribution in [0.2, 0.25) is 0 Å². The fraction of sp³-hybridized carbons (Fsp3) is 0.909. The molecule has 4 heteroatoms. The van der Waals surface area contributed by atoms with E-state index >= 15 is 0 Å². The Morgan fingerprint density at radius 3 is 2.47 bits per heavy atom. The maximum absolute atomic E-state index is 11.2. The van der Waals surface area contributed by atoms with Crippen LogP contribution in [0.5, 0.6) is 0 Å². The van der Waals surface area contributed by atoms with Crippen molar-refractivity contribution in [3.8, 4) is 0 Å². The Morgan fingerprint density at radius 2 is 2.00 bits per heavy atom. The molecule has 0 aromatic heterocycles. The number of amides is 1. The number of hydrogen-bond acceptors (Lipinski definition) is 3. The van der Waals surface area contributed by atoms with Crippen LogP contribution in [0.15, 0.2) is 0 Å². The van der Waals surface area contributed by atoms with Gasteiger partial charge in [-0.15, -0.1) is 0 Å². The molecule has 0 aromatic carbocycles. The number of nitrogens with one attached hydrogen (secondary N) is 1. The zero-order chi connectivity index (χ0) is 11.9. The van der Waals surface area contributed by atoms with Crippen LogP contribution < -0.4 is 5.32 Å². The zero-order valence-electron chi connectivity index (χ0n) is 10.6. The Kier molecular flexibility index (Phi) is 6.52. The van der Waals surface area contributed by atoms with Crippen LogP contribution in [0.3, 0.4) is 0 Å². The first-order valence-electron chi connectivity index (χ1n) is 5.44. The van der Waals surface area contributed by atoms with E-state index in [1.165, 1.54) is 0 Å². The first-order chi connectivity index (χ1) is 6.89. The van der Waals surface area contributed by atoms with Gasteiger partial charge in [-0.05, 0) is 20.8 Å². The smallest absolute Gasteiger partial charge is 0.223 e. The van der Waals surface area contributed by atoms with Crippen LogP contribution in [-0.4, -0.2) is 50.2 Å². The minimum Gasteiger partial charge on any atom is -0.375 e. The molecule has 0 aliphatic carbocycles. The normalized spacial score (nSPS) is 11.5. The third kappa shape index (κ3) is 7.33. The van der Waals surface area contributed by atoms with Gasteiger partial charge in [-0.3, -0.25) is 4.79 Å². The molecule has 0 unspecified atom stereocenters. The molecule has 0 saturated carbocycles. The van der Waals surface area contributed by atoms with Crippen LogP contribution in [0.25, 0.3) is 0 Å². The lowest BCUT2D eigenvalue weighted by atomic mass is 10.1. The molecule has 0 saturated heterocycles. The molecule has 0 radical (unpaired) electrons. The minimum atomic E-state index is -0.157. The average molecular weight is 216 g/mol. The first kappa shape index (κ1) is 14.4. The first-order valence-corrected chi connectivity index (χ1v) is 5.44. The molecule has 0 rings (SSSR count). The van der Waals surface area contributed by atoms with E-state index in [-0.39, 0.29) is 11.5 Å². The summed E-state index contributed by atoms with van der Waals surface area (Å²) < 4.78 is 5.53. The molecule has 0 bridgehead atoms. The van der Waals surface area contributed by atoms with Crippen molar-refractivity contribution in [3.05, 3.63) is 0 Å². The molecule has 0 atom stereocenters. The van der Waals surface area contributed by atoms with Gasteiger partial charge in [0.15, 0.2) is 0 Å². The van der Waals surface area contributed by atoms with E-state index in [2.05, 4.69) is 5.32 Å². The number of carbonyl (C=O) groups is 1. The Balaban J connectivity index is 3.58. The summed E-state index contributed by atoms with van der Waals surface area (Å²) in [4.78, 5) is 12.9. The maximum Gasteiger partial charge on any atom is 0.223 e. The Labute approximate surface area is 93.0 Å². The van der Waals surface area contributed by atoms with Crippen LogP contribution in [0, 0.1) is 0 Å².